The van der Waals surface area contributed by atoms with Crippen LogP contribution in [-0.4, -0.2) is 68.6 Å². The number of nitrogens with one attached hydrogen (secondary N) is 2. The van der Waals surface area contributed by atoms with Gasteiger partial charge in [0.05, 0.1) is 6.54 Å². The summed E-state index contributed by atoms with van der Waals surface area (Å²) in [7, 11) is 4.02. The van der Waals surface area contributed by atoms with Gasteiger partial charge < -0.3 is 15.5 Å². The molecule has 5 nitrogen and oxygen atoms in total. The minimum atomic E-state index is 0.524. The highest BCUT2D eigenvalue weighted by Gasteiger charge is 2.18. The maximum Gasteiger partial charge on any atom is 0.191 e. The van der Waals surface area contributed by atoms with Crippen molar-refractivity contribution in [3.63, 3.8) is 0 Å². The van der Waals surface area contributed by atoms with Crippen LogP contribution in [0.4, 0.5) is 0 Å². The van der Waals surface area contributed by atoms with Crippen molar-refractivity contribution in [2.24, 2.45) is 4.99 Å². The van der Waals surface area contributed by atoms with Gasteiger partial charge in [-0.15, -0.1) is 11.3 Å². The normalized spacial score (nSPS) is 19.2. The zero-order valence-corrected chi connectivity index (χ0v) is 15.0. The molecule has 0 spiro atoms. The highest BCUT2D eigenvalue weighted by molar-refractivity contribution is 7.11. The predicted octanol–water partition coefficient (Wildman–Crippen LogP) is 1.36. The second-order valence-electron chi connectivity index (χ2n) is 6.01. The summed E-state index contributed by atoms with van der Waals surface area (Å²) in [5.41, 5.74) is 0. The van der Waals surface area contributed by atoms with Crippen LogP contribution in [-0.2, 0) is 6.54 Å². The smallest absolute Gasteiger partial charge is 0.191 e. The molecule has 1 aromatic heterocycles. The molecule has 1 aliphatic rings. The molecule has 1 aliphatic heterocycles. The quantitative estimate of drug-likeness (QED) is 0.634. The zero-order chi connectivity index (χ0) is 15.9. The number of hydrogen-bond acceptors (Lipinski definition) is 4. The molecule has 6 heteroatoms. The van der Waals surface area contributed by atoms with Crippen LogP contribution < -0.4 is 10.6 Å². The van der Waals surface area contributed by atoms with E-state index in [4.69, 9.17) is 0 Å². The van der Waals surface area contributed by atoms with Crippen LogP contribution >= 0.6 is 11.3 Å². The van der Waals surface area contributed by atoms with Crippen LogP contribution in [0.1, 0.15) is 16.7 Å². The summed E-state index contributed by atoms with van der Waals surface area (Å²) in [5.74, 6) is 0.882. The zero-order valence-electron chi connectivity index (χ0n) is 14.2. The number of aryl methyl sites for hydroxylation is 1. The number of rotatable bonds is 5. The molecule has 1 saturated heterocycles. The van der Waals surface area contributed by atoms with Crippen molar-refractivity contribution in [3.05, 3.63) is 21.9 Å². The molecule has 1 aromatic rings. The van der Waals surface area contributed by atoms with E-state index in [1.807, 2.05) is 18.4 Å². The molecule has 0 aromatic carbocycles. The van der Waals surface area contributed by atoms with Crippen LogP contribution in [0.2, 0.25) is 0 Å². The van der Waals surface area contributed by atoms with Crippen LogP contribution in [0.25, 0.3) is 0 Å². The van der Waals surface area contributed by atoms with Crippen LogP contribution in [0, 0.1) is 6.92 Å². The fraction of sp³-hybridized carbons (Fsp3) is 0.688. The lowest BCUT2D eigenvalue weighted by Crippen LogP contribution is -2.52. The van der Waals surface area contributed by atoms with Gasteiger partial charge in [-0.2, -0.15) is 0 Å². The maximum atomic E-state index is 4.31. The molecule has 0 amide bonds. The summed E-state index contributed by atoms with van der Waals surface area (Å²) in [6.07, 6.45) is 0. The molecule has 2 rings (SSSR count). The molecule has 124 valence electrons. The Kier molecular flexibility index (Phi) is 6.67. The van der Waals surface area contributed by atoms with Gasteiger partial charge in [0.2, 0.25) is 0 Å². The number of guanidine groups is 1. The molecule has 0 aliphatic carbocycles. The first-order chi connectivity index (χ1) is 10.6. The van der Waals surface area contributed by atoms with Crippen molar-refractivity contribution in [3.8, 4) is 0 Å². The van der Waals surface area contributed by atoms with Crippen molar-refractivity contribution in [1.29, 1.82) is 0 Å². The number of piperazine rings is 1. The minimum absolute atomic E-state index is 0.524. The Hall–Kier alpha value is -1.11. The Labute approximate surface area is 138 Å². The van der Waals surface area contributed by atoms with E-state index in [9.17, 15) is 0 Å². The Morgan fingerprint density at radius 3 is 2.59 bits per heavy atom. The molecule has 2 N–H and O–H groups in total. The number of aliphatic imine (C=N–C) groups is 1. The Morgan fingerprint density at radius 2 is 2.00 bits per heavy atom. The average Bonchev–Trinajstić information content (AvgIpc) is 2.93. The van der Waals surface area contributed by atoms with Gasteiger partial charge in [0.25, 0.3) is 0 Å². The monoisotopic (exact) mass is 323 g/mol. The molecule has 1 atom stereocenters. The first-order valence-corrected chi connectivity index (χ1v) is 8.82. The van der Waals surface area contributed by atoms with Crippen LogP contribution in [0.3, 0.4) is 0 Å². The fourth-order valence-corrected chi connectivity index (χ4v) is 3.44. The summed E-state index contributed by atoms with van der Waals surface area (Å²) in [6.45, 7) is 10.8. The first-order valence-electron chi connectivity index (χ1n) is 8.01. The van der Waals surface area contributed by atoms with Gasteiger partial charge in [0.1, 0.15) is 0 Å². The fourth-order valence-electron chi connectivity index (χ4n) is 2.61. The summed E-state index contributed by atoms with van der Waals surface area (Å²) >= 11 is 1.83. The van der Waals surface area contributed by atoms with E-state index in [2.05, 4.69) is 58.5 Å². The molecule has 0 saturated carbocycles. The summed E-state index contributed by atoms with van der Waals surface area (Å²) < 4.78 is 0. The van der Waals surface area contributed by atoms with E-state index in [0.717, 1.165) is 45.2 Å². The lowest BCUT2D eigenvalue weighted by Gasteiger charge is -2.36. The highest BCUT2D eigenvalue weighted by Crippen LogP contribution is 2.14. The van der Waals surface area contributed by atoms with Crippen molar-refractivity contribution in [1.82, 2.24) is 20.4 Å². The van der Waals surface area contributed by atoms with Gasteiger partial charge in [0, 0.05) is 55.6 Å². The van der Waals surface area contributed by atoms with E-state index >= 15 is 0 Å². The molecule has 2 heterocycles. The lowest BCUT2D eigenvalue weighted by atomic mass is 10.2. The van der Waals surface area contributed by atoms with Crippen molar-refractivity contribution >= 4 is 17.3 Å². The second kappa shape index (κ2) is 8.50. The van der Waals surface area contributed by atoms with E-state index in [1.54, 1.807) is 0 Å². The molecular weight excluding hydrogens is 294 g/mol. The van der Waals surface area contributed by atoms with Crippen molar-refractivity contribution < 1.29 is 0 Å². The Morgan fingerprint density at radius 1 is 1.27 bits per heavy atom. The Bertz CT molecular complexity index is 477. The van der Waals surface area contributed by atoms with E-state index in [1.165, 1.54) is 9.75 Å². The van der Waals surface area contributed by atoms with Gasteiger partial charge in [-0.1, -0.05) is 0 Å². The molecular formula is C16H29N5S. The SMILES string of the molecule is CN=C(NCc1ccc(C)s1)NCC(C)N1CCN(C)CC1. The van der Waals surface area contributed by atoms with Crippen molar-refractivity contribution in [2.75, 3.05) is 46.8 Å². The lowest BCUT2D eigenvalue weighted by molar-refractivity contribution is 0.120. The predicted molar refractivity (Wildman–Crippen MR) is 95.8 cm³/mol. The third-order valence-corrected chi connectivity index (χ3v) is 5.18. The molecule has 1 unspecified atom stereocenters. The molecule has 1 fully saturated rings. The minimum Gasteiger partial charge on any atom is -0.355 e. The van der Waals surface area contributed by atoms with Gasteiger partial charge in [0.15, 0.2) is 5.96 Å². The van der Waals surface area contributed by atoms with E-state index < -0.39 is 0 Å². The summed E-state index contributed by atoms with van der Waals surface area (Å²) in [4.78, 5) is 11.9. The standard InChI is InChI=1S/C16H29N5S/c1-13(21-9-7-20(4)8-10-21)11-18-16(17-3)19-12-15-6-5-14(2)22-15/h5-6,13H,7-12H2,1-4H3,(H2,17,18,19). The van der Waals surface area contributed by atoms with Crippen LogP contribution in [0.15, 0.2) is 17.1 Å². The van der Waals surface area contributed by atoms with Crippen molar-refractivity contribution in [2.45, 2.75) is 26.4 Å². The number of likely N-dealkylation sites (N-methyl/N-ethyl adjacent to an activating group) is 1. The second-order valence-corrected chi connectivity index (χ2v) is 7.38. The van der Waals surface area contributed by atoms with Gasteiger partial charge in [-0.25, -0.2) is 0 Å². The highest BCUT2D eigenvalue weighted by atomic mass is 32.1. The van der Waals surface area contributed by atoms with E-state index in [0.29, 0.717) is 6.04 Å². The largest absolute Gasteiger partial charge is 0.355 e. The average molecular weight is 324 g/mol. The molecule has 22 heavy (non-hydrogen) atoms. The maximum absolute atomic E-state index is 4.31. The van der Waals surface area contributed by atoms with Crippen LogP contribution in [0.5, 0.6) is 0 Å². The summed E-state index contributed by atoms with van der Waals surface area (Å²) in [6, 6.07) is 4.86. The van der Waals surface area contributed by atoms with Gasteiger partial charge >= 0.3 is 0 Å². The molecule has 0 radical (unpaired) electrons. The number of hydrogen-bond donors (Lipinski definition) is 2. The third-order valence-electron chi connectivity index (χ3n) is 4.18. The number of thiophene rings is 1. The summed E-state index contributed by atoms with van der Waals surface area (Å²) in [5, 5.41) is 6.83. The number of nitrogens with zero attached hydrogens (tertiary/aromatic N) is 3. The van der Waals surface area contributed by atoms with Gasteiger partial charge in [-0.3, -0.25) is 9.89 Å². The topological polar surface area (TPSA) is 42.9 Å². The first kappa shape index (κ1) is 17.2. The van der Waals surface area contributed by atoms with Gasteiger partial charge in [-0.05, 0) is 33.0 Å². The third kappa shape index (κ3) is 5.26. The van der Waals surface area contributed by atoms with E-state index in [-0.39, 0.29) is 0 Å². The molecule has 0 bridgehead atoms. The Balaban J connectivity index is 1.71.